The van der Waals surface area contributed by atoms with Gasteiger partial charge >= 0.3 is 96.8 Å². The molecule has 4 atom stereocenters. The summed E-state index contributed by atoms with van der Waals surface area (Å²) in [5.41, 5.74) is 0. The lowest BCUT2D eigenvalue weighted by Gasteiger charge is -2.42. The molecule has 0 saturated heterocycles. The minimum atomic E-state index is -9.28. The Morgan fingerprint density at radius 3 is 0.589 bits per heavy atom. The van der Waals surface area contributed by atoms with Gasteiger partial charge in [-0.05, 0) is 0 Å². The topological polar surface area (TPSA) is 54.0 Å². The van der Waals surface area contributed by atoms with Gasteiger partial charge in [0.25, 0.3) is 5.78 Å². The molecule has 0 aromatic heterocycles. The standard InChI is InChI=1S/C17F34O5/c18-2(8(26,27)28,53-16(48,49)6(24,12(38,39)40)55-14(44,45)4(20,21)10(32,33)34)1(52)3(19,9(29,30)31)54-17(50,51)7(25,13(41,42)43)56-15(46,47)5(22,23)11(35,36)37. The van der Waals surface area contributed by atoms with Gasteiger partial charge in [-0.1, -0.05) is 0 Å². The predicted octanol–water partition coefficient (Wildman–Crippen LogP) is 10.3. The van der Waals surface area contributed by atoms with E-state index in [2.05, 4.69) is 0 Å². The third-order valence-corrected chi connectivity index (χ3v) is 5.31. The zero-order valence-corrected chi connectivity index (χ0v) is 23.4. The second-order valence-electron chi connectivity index (χ2n) is 9.32. The lowest BCUT2D eigenvalue weighted by Crippen LogP contribution is -2.72. The van der Waals surface area contributed by atoms with Crippen LogP contribution in [-0.2, 0) is 23.7 Å². The summed E-state index contributed by atoms with van der Waals surface area (Å²) in [6.07, 6.45) is -87.9. The van der Waals surface area contributed by atoms with Crippen molar-refractivity contribution in [2.45, 2.75) is 96.8 Å². The third-order valence-electron chi connectivity index (χ3n) is 5.31. The number of hydrogen-bond donors (Lipinski definition) is 0. The van der Waals surface area contributed by atoms with Crippen LogP contribution in [0.2, 0.25) is 0 Å². The molecule has 0 aliphatic rings. The second-order valence-corrected chi connectivity index (χ2v) is 9.32. The second kappa shape index (κ2) is 13.6. The van der Waals surface area contributed by atoms with E-state index in [4.69, 9.17) is 0 Å². The first kappa shape index (κ1) is 53.1. The number of Topliss-reactive ketones (excluding diaryl/α,β-unsaturated/α-hetero) is 1. The Morgan fingerprint density at radius 2 is 0.446 bits per heavy atom. The maximum Gasteiger partial charge on any atom is 0.462 e. The van der Waals surface area contributed by atoms with Crippen molar-refractivity contribution in [3.8, 4) is 0 Å². The first-order chi connectivity index (χ1) is 23.5. The van der Waals surface area contributed by atoms with Crippen LogP contribution in [0.1, 0.15) is 0 Å². The summed E-state index contributed by atoms with van der Waals surface area (Å²) >= 11 is 0. The third kappa shape index (κ3) is 8.48. The van der Waals surface area contributed by atoms with E-state index in [9.17, 15) is 154 Å². The van der Waals surface area contributed by atoms with E-state index in [1.807, 2.05) is 0 Å². The van der Waals surface area contributed by atoms with E-state index < -0.39 is 103 Å². The highest BCUT2D eigenvalue weighted by molar-refractivity contribution is 5.94. The Hall–Kier alpha value is -2.87. The fraction of sp³-hybridized carbons (Fsp3) is 0.941. The van der Waals surface area contributed by atoms with Crippen LogP contribution in [0.4, 0.5) is 149 Å². The van der Waals surface area contributed by atoms with Crippen molar-refractivity contribution in [1.82, 2.24) is 0 Å². The Morgan fingerprint density at radius 1 is 0.250 bits per heavy atom. The summed E-state index contributed by atoms with van der Waals surface area (Å²) in [7, 11) is 0. The van der Waals surface area contributed by atoms with Crippen LogP contribution in [0.5, 0.6) is 0 Å². The molecular formula is C17F34O5. The summed E-state index contributed by atoms with van der Waals surface area (Å²) < 4.78 is 451. The molecule has 0 aliphatic carbocycles. The van der Waals surface area contributed by atoms with E-state index in [-0.39, 0.29) is 0 Å². The van der Waals surface area contributed by atoms with Crippen LogP contribution in [0.15, 0.2) is 0 Å². The van der Waals surface area contributed by atoms with E-state index in [0.29, 0.717) is 0 Å². The number of carbonyl (C=O) groups excluding carboxylic acids is 1. The molecule has 0 radical (unpaired) electrons. The van der Waals surface area contributed by atoms with Gasteiger partial charge in [0.1, 0.15) is 0 Å². The lowest BCUT2D eigenvalue weighted by molar-refractivity contribution is -0.554. The van der Waals surface area contributed by atoms with Gasteiger partial charge in [-0.2, -0.15) is 149 Å². The Balaban J connectivity index is 7.99. The van der Waals surface area contributed by atoms with E-state index >= 15 is 0 Å². The highest BCUT2D eigenvalue weighted by atomic mass is 19.5. The highest BCUT2D eigenvalue weighted by Crippen LogP contribution is 2.60. The van der Waals surface area contributed by atoms with Gasteiger partial charge in [-0.3, -0.25) is 23.7 Å². The van der Waals surface area contributed by atoms with Crippen molar-refractivity contribution in [3.63, 3.8) is 0 Å². The fourth-order valence-electron chi connectivity index (χ4n) is 2.53. The molecule has 336 valence electrons. The quantitative estimate of drug-likeness (QED) is 0.163. The number of ketones is 1. The molecular weight excluding hydrogens is 930 g/mol. The monoisotopic (exact) mass is 930 g/mol. The molecule has 5 nitrogen and oxygen atoms in total. The summed E-state index contributed by atoms with van der Waals surface area (Å²) in [4.78, 5) is 11.6. The Kier molecular flexibility index (Phi) is 12.9. The molecule has 4 unspecified atom stereocenters. The predicted molar refractivity (Wildman–Crippen MR) is 90.7 cm³/mol. The Bertz CT molecular complexity index is 1310. The maximum atomic E-state index is 14.6. The summed E-state index contributed by atoms with van der Waals surface area (Å²) in [6, 6.07) is 0. The molecule has 0 heterocycles. The molecule has 0 aromatic rings. The average molecular weight is 930 g/mol. The van der Waals surface area contributed by atoms with Gasteiger partial charge in [0.2, 0.25) is 0 Å². The van der Waals surface area contributed by atoms with Gasteiger partial charge in [-0.25, -0.2) is 0 Å². The van der Waals surface area contributed by atoms with Crippen LogP contribution in [-0.4, -0.2) is 103 Å². The van der Waals surface area contributed by atoms with Gasteiger partial charge in [0, 0.05) is 0 Å². The van der Waals surface area contributed by atoms with Crippen molar-refractivity contribution in [2.75, 3.05) is 0 Å². The molecule has 56 heavy (non-hydrogen) atoms. The highest BCUT2D eigenvalue weighted by Gasteiger charge is 2.90. The van der Waals surface area contributed by atoms with Crippen molar-refractivity contribution < 1.29 is 173 Å². The fourth-order valence-corrected chi connectivity index (χ4v) is 2.53. The van der Waals surface area contributed by atoms with Gasteiger partial charge in [-0.15, -0.1) is 0 Å². The molecule has 0 N–H and O–H groups in total. The van der Waals surface area contributed by atoms with Crippen molar-refractivity contribution in [2.24, 2.45) is 0 Å². The molecule has 0 fully saturated rings. The number of ether oxygens (including phenoxy) is 4. The van der Waals surface area contributed by atoms with Crippen LogP contribution >= 0.6 is 0 Å². The molecule has 0 saturated carbocycles. The number of halogens is 34. The molecule has 0 amide bonds. The van der Waals surface area contributed by atoms with Gasteiger partial charge < -0.3 is 0 Å². The number of hydrogen-bond acceptors (Lipinski definition) is 5. The minimum Gasteiger partial charge on any atom is -0.286 e. The average Bonchev–Trinajstić information content (AvgIpc) is 2.87. The minimum absolute atomic E-state index is 0.812. The summed E-state index contributed by atoms with van der Waals surface area (Å²) in [5, 5.41) is 0. The lowest BCUT2D eigenvalue weighted by atomic mass is 10.0. The van der Waals surface area contributed by atoms with Crippen LogP contribution in [0, 0.1) is 0 Å². The zero-order chi connectivity index (χ0) is 46.4. The Labute approximate surface area is 277 Å². The SMILES string of the molecule is O=C(C(F)(OC(F)(F)C(F)(OC(F)(F)C(F)(F)C(F)(F)F)C(F)(F)F)C(F)(F)F)C(F)(OC(F)(F)C(F)(OC(F)(F)C(F)(F)C(F)(F)F)C(F)(F)F)C(F)(F)F. The van der Waals surface area contributed by atoms with Crippen molar-refractivity contribution >= 4 is 5.78 Å². The van der Waals surface area contributed by atoms with Crippen LogP contribution in [0.3, 0.4) is 0 Å². The van der Waals surface area contributed by atoms with Crippen molar-refractivity contribution in [3.05, 3.63) is 0 Å². The molecule has 0 bridgehead atoms. The smallest absolute Gasteiger partial charge is 0.286 e. The van der Waals surface area contributed by atoms with Crippen LogP contribution in [0.25, 0.3) is 0 Å². The van der Waals surface area contributed by atoms with Crippen LogP contribution < -0.4 is 0 Å². The largest absolute Gasteiger partial charge is 0.462 e. The van der Waals surface area contributed by atoms with E-state index in [1.165, 1.54) is 0 Å². The maximum absolute atomic E-state index is 14.6. The summed E-state index contributed by atoms with van der Waals surface area (Å²) in [5.74, 6) is -60.5. The van der Waals surface area contributed by atoms with Gasteiger partial charge in [0.15, 0.2) is 0 Å². The molecule has 0 aromatic carbocycles. The molecule has 0 rings (SSSR count). The number of rotatable bonds is 14. The van der Waals surface area contributed by atoms with Crippen molar-refractivity contribution in [1.29, 1.82) is 0 Å². The van der Waals surface area contributed by atoms with E-state index in [0.717, 1.165) is 18.9 Å². The number of carbonyl (C=O) groups is 1. The normalized spacial score (nSPS) is 20.2. The number of alkyl halides is 34. The summed E-state index contributed by atoms with van der Waals surface area (Å²) in [6.45, 7) is 0. The van der Waals surface area contributed by atoms with Gasteiger partial charge in [0.05, 0.1) is 0 Å². The molecule has 0 spiro atoms. The first-order valence-electron chi connectivity index (χ1n) is 11.3. The zero-order valence-electron chi connectivity index (χ0n) is 23.4. The first-order valence-corrected chi connectivity index (χ1v) is 11.3. The van der Waals surface area contributed by atoms with E-state index in [1.54, 1.807) is 0 Å². The molecule has 39 heteroatoms. The molecule has 0 aliphatic heterocycles.